The second-order valence-corrected chi connectivity index (χ2v) is 8.05. The molecule has 2 N–H and O–H groups in total. The van der Waals surface area contributed by atoms with E-state index in [9.17, 15) is 9.59 Å². The maximum absolute atomic E-state index is 13.0. The first-order valence-corrected chi connectivity index (χ1v) is 10.6. The lowest BCUT2D eigenvalue weighted by atomic mass is 10.1. The molecular weight excluding hydrogens is 416 g/mol. The zero-order valence-electron chi connectivity index (χ0n) is 18.9. The number of anilines is 2. The van der Waals surface area contributed by atoms with Crippen LogP contribution in [0.2, 0.25) is 0 Å². The number of benzene rings is 2. The Hall–Kier alpha value is -4.20. The van der Waals surface area contributed by atoms with E-state index < -0.39 is 0 Å². The van der Waals surface area contributed by atoms with Gasteiger partial charge >= 0.3 is 0 Å². The van der Waals surface area contributed by atoms with Gasteiger partial charge in [0, 0.05) is 62.5 Å². The second kappa shape index (κ2) is 9.52. The van der Waals surface area contributed by atoms with Crippen LogP contribution in [0, 0.1) is 0 Å². The summed E-state index contributed by atoms with van der Waals surface area (Å²) in [6, 6.07) is 16.8. The summed E-state index contributed by atoms with van der Waals surface area (Å²) in [5.74, 6) is -0.209. The van der Waals surface area contributed by atoms with E-state index in [1.807, 2.05) is 61.8 Å². The van der Waals surface area contributed by atoms with Crippen molar-refractivity contribution in [3.05, 3.63) is 83.8 Å². The summed E-state index contributed by atoms with van der Waals surface area (Å²) in [4.78, 5) is 30.8. The number of likely N-dealkylation sites (N-methyl/N-ethyl adjacent to an activating group) is 1. The smallest absolute Gasteiger partial charge is 0.257 e. The van der Waals surface area contributed by atoms with E-state index in [2.05, 4.69) is 20.7 Å². The van der Waals surface area contributed by atoms with Gasteiger partial charge in [0.1, 0.15) is 0 Å². The van der Waals surface area contributed by atoms with E-state index >= 15 is 0 Å². The molecule has 0 atom stereocenters. The number of hydrogen-bond donors (Lipinski definition) is 2. The van der Waals surface area contributed by atoms with Crippen molar-refractivity contribution in [1.82, 2.24) is 19.7 Å². The molecule has 0 aliphatic carbocycles. The van der Waals surface area contributed by atoms with Crippen molar-refractivity contribution in [2.75, 3.05) is 24.7 Å². The maximum Gasteiger partial charge on any atom is 0.257 e. The van der Waals surface area contributed by atoms with Crippen LogP contribution in [0.4, 0.5) is 11.4 Å². The quantitative estimate of drug-likeness (QED) is 0.457. The van der Waals surface area contributed by atoms with Crippen LogP contribution < -0.4 is 10.6 Å². The Morgan fingerprint density at radius 1 is 1.06 bits per heavy atom. The van der Waals surface area contributed by atoms with Crippen molar-refractivity contribution >= 4 is 34.1 Å². The van der Waals surface area contributed by atoms with E-state index in [0.717, 1.165) is 22.2 Å². The summed E-state index contributed by atoms with van der Waals surface area (Å²) in [7, 11) is 5.32. The van der Waals surface area contributed by atoms with Gasteiger partial charge in [-0.2, -0.15) is 5.10 Å². The number of fused-ring (bicyclic) bond motifs is 1. The summed E-state index contributed by atoms with van der Waals surface area (Å²) in [6.45, 7) is 0.496. The molecule has 4 rings (SSSR count). The fraction of sp³-hybridized carbons (Fsp3) is 0.200. The van der Waals surface area contributed by atoms with Gasteiger partial charge in [-0.1, -0.05) is 12.1 Å². The SMILES string of the molecule is CN(C)C(=O)Cc1cc(CNc2ccccc2C(=O)Nc2ccc3cn(C)nc3c2)ccn1. The van der Waals surface area contributed by atoms with Gasteiger partial charge in [0.25, 0.3) is 5.91 Å². The number of nitrogens with zero attached hydrogens (tertiary/aromatic N) is 4. The van der Waals surface area contributed by atoms with Crippen LogP contribution in [0.25, 0.3) is 10.9 Å². The average Bonchev–Trinajstić information content (AvgIpc) is 3.17. The zero-order chi connectivity index (χ0) is 23.4. The highest BCUT2D eigenvalue weighted by Crippen LogP contribution is 2.21. The van der Waals surface area contributed by atoms with E-state index in [4.69, 9.17) is 0 Å². The molecule has 2 amide bonds. The molecule has 2 aromatic heterocycles. The molecular formula is C25H26N6O2. The highest BCUT2D eigenvalue weighted by atomic mass is 16.2. The van der Waals surface area contributed by atoms with Gasteiger partial charge < -0.3 is 15.5 Å². The molecule has 0 spiro atoms. The van der Waals surface area contributed by atoms with Crippen LogP contribution in [0.3, 0.4) is 0 Å². The normalized spacial score (nSPS) is 10.8. The minimum atomic E-state index is -0.208. The van der Waals surface area contributed by atoms with Crippen LogP contribution in [-0.4, -0.2) is 45.6 Å². The number of hydrogen-bond acceptors (Lipinski definition) is 5. The van der Waals surface area contributed by atoms with Crippen molar-refractivity contribution in [2.45, 2.75) is 13.0 Å². The molecule has 4 aromatic rings. The first-order valence-electron chi connectivity index (χ1n) is 10.6. The zero-order valence-corrected chi connectivity index (χ0v) is 18.9. The highest BCUT2D eigenvalue weighted by molar-refractivity contribution is 6.08. The van der Waals surface area contributed by atoms with Crippen LogP contribution in [0.1, 0.15) is 21.6 Å². The van der Waals surface area contributed by atoms with Crippen LogP contribution in [0.15, 0.2) is 67.0 Å². The number of nitrogens with one attached hydrogen (secondary N) is 2. The van der Waals surface area contributed by atoms with Crippen LogP contribution in [-0.2, 0) is 24.8 Å². The summed E-state index contributed by atoms with van der Waals surface area (Å²) in [5, 5.41) is 11.7. The molecule has 8 heteroatoms. The Bertz CT molecular complexity index is 1310. The first-order chi connectivity index (χ1) is 15.9. The molecule has 33 heavy (non-hydrogen) atoms. The van der Waals surface area contributed by atoms with Crippen molar-refractivity contribution in [3.63, 3.8) is 0 Å². The summed E-state index contributed by atoms with van der Waals surface area (Å²) in [6.07, 6.45) is 3.88. The molecule has 0 bridgehead atoms. The largest absolute Gasteiger partial charge is 0.380 e. The topological polar surface area (TPSA) is 92.2 Å². The molecule has 0 aliphatic rings. The lowest BCUT2D eigenvalue weighted by Crippen LogP contribution is -2.24. The Labute approximate surface area is 192 Å². The Morgan fingerprint density at radius 2 is 1.88 bits per heavy atom. The minimum absolute atomic E-state index is 0.00137. The van der Waals surface area contributed by atoms with Crippen molar-refractivity contribution < 1.29 is 9.59 Å². The number of rotatable bonds is 7. The number of para-hydroxylation sites is 1. The summed E-state index contributed by atoms with van der Waals surface area (Å²) in [5.41, 5.74) is 4.45. The van der Waals surface area contributed by atoms with Gasteiger partial charge in [0.2, 0.25) is 5.91 Å². The lowest BCUT2D eigenvalue weighted by Gasteiger charge is -2.13. The highest BCUT2D eigenvalue weighted by Gasteiger charge is 2.13. The molecule has 8 nitrogen and oxygen atoms in total. The standard InChI is InChI=1S/C25H26N6O2/c1-30(2)24(32)14-20-12-17(10-11-26-20)15-27-22-7-5-4-6-21(22)25(33)28-19-9-8-18-16-31(3)29-23(18)13-19/h4-13,16,27H,14-15H2,1-3H3,(H,28,33). The van der Waals surface area contributed by atoms with E-state index in [1.54, 1.807) is 35.9 Å². The van der Waals surface area contributed by atoms with Gasteiger partial charge in [0.05, 0.1) is 17.5 Å². The molecule has 0 saturated heterocycles. The third-order valence-corrected chi connectivity index (χ3v) is 5.25. The molecule has 0 saturated carbocycles. The van der Waals surface area contributed by atoms with Gasteiger partial charge in [-0.25, -0.2) is 0 Å². The molecule has 168 valence electrons. The number of carbonyl (C=O) groups excluding carboxylic acids is 2. The Morgan fingerprint density at radius 3 is 2.70 bits per heavy atom. The molecule has 0 aliphatic heterocycles. The van der Waals surface area contributed by atoms with Crippen molar-refractivity contribution in [2.24, 2.45) is 7.05 Å². The molecule has 0 unspecified atom stereocenters. The second-order valence-electron chi connectivity index (χ2n) is 8.05. The maximum atomic E-state index is 13.0. The molecule has 0 fully saturated rings. The third kappa shape index (κ3) is 5.35. The Kier molecular flexibility index (Phi) is 6.35. The number of pyridine rings is 1. The van der Waals surface area contributed by atoms with Crippen molar-refractivity contribution in [1.29, 1.82) is 0 Å². The van der Waals surface area contributed by atoms with Gasteiger partial charge in [-0.05, 0) is 48.0 Å². The van der Waals surface area contributed by atoms with Gasteiger partial charge in [-0.15, -0.1) is 0 Å². The molecule has 2 aromatic carbocycles. The molecule has 0 radical (unpaired) electrons. The third-order valence-electron chi connectivity index (χ3n) is 5.25. The fourth-order valence-corrected chi connectivity index (χ4v) is 3.50. The van der Waals surface area contributed by atoms with Crippen LogP contribution >= 0.6 is 0 Å². The van der Waals surface area contributed by atoms with E-state index in [1.165, 1.54) is 0 Å². The Balaban J connectivity index is 1.46. The first kappa shape index (κ1) is 22.0. The predicted octanol–water partition coefficient (Wildman–Crippen LogP) is 3.46. The number of amides is 2. The summed E-state index contributed by atoms with van der Waals surface area (Å²) >= 11 is 0. The van der Waals surface area contributed by atoms with Gasteiger partial charge in [0.15, 0.2) is 0 Å². The van der Waals surface area contributed by atoms with Crippen molar-refractivity contribution in [3.8, 4) is 0 Å². The van der Waals surface area contributed by atoms with Gasteiger partial charge in [-0.3, -0.25) is 19.3 Å². The monoisotopic (exact) mass is 442 g/mol. The minimum Gasteiger partial charge on any atom is -0.380 e. The molecule has 2 heterocycles. The summed E-state index contributed by atoms with van der Waals surface area (Å²) < 4.78 is 1.75. The predicted molar refractivity (Wildman–Crippen MR) is 129 cm³/mol. The number of carbonyl (C=O) groups is 2. The van der Waals surface area contributed by atoms with E-state index in [-0.39, 0.29) is 18.2 Å². The van der Waals surface area contributed by atoms with Crippen LogP contribution in [0.5, 0.6) is 0 Å². The average molecular weight is 443 g/mol. The van der Waals surface area contributed by atoms with E-state index in [0.29, 0.717) is 23.5 Å². The number of aromatic nitrogens is 3. The number of aryl methyl sites for hydroxylation is 1. The lowest BCUT2D eigenvalue weighted by molar-refractivity contribution is -0.128. The fourth-order valence-electron chi connectivity index (χ4n) is 3.50.